The molecule has 1 N–H and O–H groups in total. The summed E-state index contributed by atoms with van der Waals surface area (Å²) in [4.78, 5) is 28.9. The molecule has 0 unspecified atom stereocenters. The van der Waals surface area contributed by atoms with Gasteiger partial charge in [-0.25, -0.2) is 4.98 Å². The first-order chi connectivity index (χ1) is 11.6. The minimum absolute atomic E-state index is 0.0190. The SMILES string of the molecule is Cc1ccc(CNC(=O)CSCc2cc(=O)n3ccsc3n2)cc1. The zero-order valence-corrected chi connectivity index (χ0v) is 14.8. The minimum atomic E-state index is -0.0827. The second-order valence-electron chi connectivity index (χ2n) is 5.40. The number of carbonyl (C=O) groups is 1. The summed E-state index contributed by atoms with van der Waals surface area (Å²) in [6, 6.07) is 9.60. The van der Waals surface area contributed by atoms with Crippen molar-refractivity contribution in [3.63, 3.8) is 0 Å². The molecular formula is C17H17N3O2S2. The van der Waals surface area contributed by atoms with E-state index in [0.29, 0.717) is 28.7 Å². The summed E-state index contributed by atoms with van der Waals surface area (Å²) >= 11 is 2.88. The number of aryl methyl sites for hydroxylation is 1. The largest absolute Gasteiger partial charge is 0.351 e. The Bertz CT molecular complexity index is 900. The Labute approximate surface area is 147 Å². The van der Waals surface area contributed by atoms with Crippen LogP contribution >= 0.6 is 23.1 Å². The zero-order valence-electron chi connectivity index (χ0n) is 13.2. The summed E-state index contributed by atoms with van der Waals surface area (Å²) in [6.07, 6.45) is 1.71. The van der Waals surface area contributed by atoms with Crippen molar-refractivity contribution < 1.29 is 4.79 Å². The summed E-state index contributed by atoms with van der Waals surface area (Å²) in [5.74, 6) is 0.869. The number of carbonyl (C=O) groups excluding carboxylic acids is 1. The molecule has 2 aromatic heterocycles. The van der Waals surface area contributed by atoms with E-state index in [0.717, 1.165) is 5.56 Å². The molecule has 0 saturated carbocycles. The van der Waals surface area contributed by atoms with Crippen LogP contribution in [0.5, 0.6) is 0 Å². The molecule has 0 radical (unpaired) electrons. The van der Waals surface area contributed by atoms with Crippen molar-refractivity contribution in [2.45, 2.75) is 19.2 Å². The van der Waals surface area contributed by atoms with Crippen LogP contribution in [0.25, 0.3) is 4.96 Å². The number of fused-ring (bicyclic) bond motifs is 1. The molecule has 0 atom stereocenters. The molecule has 24 heavy (non-hydrogen) atoms. The third kappa shape index (κ3) is 4.24. The molecule has 3 rings (SSSR count). The maximum absolute atomic E-state index is 11.9. The molecule has 1 aromatic carbocycles. The Morgan fingerprint density at radius 3 is 2.92 bits per heavy atom. The van der Waals surface area contributed by atoms with Gasteiger partial charge in [0.2, 0.25) is 5.91 Å². The molecule has 3 aromatic rings. The van der Waals surface area contributed by atoms with Crippen LogP contribution in [0.15, 0.2) is 46.7 Å². The fourth-order valence-electron chi connectivity index (χ4n) is 2.17. The summed E-state index contributed by atoms with van der Waals surface area (Å²) < 4.78 is 1.52. The van der Waals surface area contributed by atoms with Crippen LogP contribution in [0.3, 0.4) is 0 Å². The highest BCUT2D eigenvalue weighted by atomic mass is 32.2. The standard InChI is InChI=1S/C17H17N3O2S2/c1-12-2-4-13(5-3-12)9-18-15(21)11-23-10-14-8-16(22)20-6-7-24-17(20)19-14/h2-8H,9-11H2,1H3,(H,18,21). The predicted molar refractivity (Wildman–Crippen MR) is 98.5 cm³/mol. The molecule has 0 aliphatic rings. The van der Waals surface area contributed by atoms with Gasteiger partial charge in [-0.1, -0.05) is 29.8 Å². The third-order valence-electron chi connectivity index (χ3n) is 3.45. The van der Waals surface area contributed by atoms with Gasteiger partial charge in [-0.15, -0.1) is 23.1 Å². The van der Waals surface area contributed by atoms with E-state index < -0.39 is 0 Å². The minimum Gasteiger partial charge on any atom is -0.351 e. The van der Waals surface area contributed by atoms with Gasteiger partial charge in [-0.2, -0.15) is 0 Å². The van der Waals surface area contributed by atoms with Crippen LogP contribution in [-0.2, 0) is 17.1 Å². The number of nitrogens with one attached hydrogen (secondary N) is 1. The maximum Gasteiger partial charge on any atom is 0.258 e. The van der Waals surface area contributed by atoms with Crippen LogP contribution in [0.1, 0.15) is 16.8 Å². The Morgan fingerprint density at radius 2 is 2.12 bits per heavy atom. The molecular weight excluding hydrogens is 342 g/mol. The van der Waals surface area contributed by atoms with E-state index >= 15 is 0 Å². The van der Waals surface area contributed by atoms with Crippen molar-refractivity contribution in [3.8, 4) is 0 Å². The third-order valence-corrected chi connectivity index (χ3v) is 5.17. The highest BCUT2D eigenvalue weighted by molar-refractivity contribution is 7.99. The normalized spacial score (nSPS) is 10.9. The zero-order chi connectivity index (χ0) is 16.9. The van der Waals surface area contributed by atoms with Crippen LogP contribution in [-0.4, -0.2) is 21.0 Å². The van der Waals surface area contributed by atoms with E-state index in [4.69, 9.17) is 0 Å². The summed E-state index contributed by atoms with van der Waals surface area (Å²) in [5, 5.41) is 4.73. The first kappa shape index (κ1) is 16.7. The number of amides is 1. The number of benzene rings is 1. The van der Waals surface area contributed by atoms with Crippen molar-refractivity contribution >= 4 is 34.0 Å². The van der Waals surface area contributed by atoms with Gasteiger partial charge in [0.15, 0.2) is 4.96 Å². The molecule has 0 fully saturated rings. The van der Waals surface area contributed by atoms with Crippen molar-refractivity contribution in [1.29, 1.82) is 0 Å². The number of hydrogen-bond acceptors (Lipinski definition) is 5. The smallest absolute Gasteiger partial charge is 0.258 e. The van der Waals surface area contributed by atoms with E-state index in [1.54, 1.807) is 6.20 Å². The molecule has 7 heteroatoms. The van der Waals surface area contributed by atoms with Crippen molar-refractivity contribution in [3.05, 3.63) is 69.1 Å². The van der Waals surface area contributed by atoms with Gasteiger partial charge in [-0.3, -0.25) is 14.0 Å². The van der Waals surface area contributed by atoms with Crippen LogP contribution < -0.4 is 10.9 Å². The topological polar surface area (TPSA) is 63.5 Å². The van der Waals surface area contributed by atoms with Crippen molar-refractivity contribution in [1.82, 2.24) is 14.7 Å². The second-order valence-corrected chi connectivity index (χ2v) is 7.26. The number of hydrogen-bond donors (Lipinski definition) is 1. The number of thiazole rings is 1. The lowest BCUT2D eigenvalue weighted by atomic mass is 10.1. The molecule has 0 aliphatic carbocycles. The molecule has 5 nitrogen and oxygen atoms in total. The molecule has 1 amide bonds. The Morgan fingerprint density at radius 1 is 1.33 bits per heavy atom. The average Bonchev–Trinajstić information content (AvgIpc) is 3.03. The monoisotopic (exact) mass is 359 g/mol. The lowest BCUT2D eigenvalue weighted by Crippen LogP contribution is -2.24. The first-order valence-corrected chi connectivity index (χ1v) is 9.51. The lowest BCUT2D eigenvalue weighted by Gasteiger charge is -2.06. The van der Waals surface area contributed by atoms with Gasteiger partial charge in [0.05, 0.1) is 11.4 Å². The molecule has 0 spiro atoms. The number of aromatic nitrogens is 2. The Hall–Kier alpha value is -2.12. The van der Waals surface area contributed by atoms with E-state index in [9.17, 15) is 9.59 Å². The molecule has 0 aliphatic heterocycles. The average molecular weight is 359 g/mol. The maximum atomic E-state index is 11.9. The fraction of sp³-hybridized carbons (Fsp3) is 0.235. The van der Waals surface area contributed by atoms with Gasteiger partial charge in [0.25, 0.3) is 5.56 Å². The van der Waals surface area contributed by atoms with E-state index in [1.165, 1.54) is 39.1 Å². The van der Waals surface area contributed by atoms with E-state index in [2.05, 4.69) is 10.3 Å². The highest BCUT2D eigenvalue weighted by Gasteiger charge is 2.06. The van der Waals surface area contributed by atoms with Gasteiger partial charge in [-0.05, 0) is 12.5 Å². The van der Waals surface area contributed by atoms with Gasteiger partial charge in [0.1, 0.15) is 0 Å². The van der Waals surface area contributed by atoms with Crippen LogP contribution in [0.2, 0.25) is 0 Å². The van der Waals surface area contributed by atoms with Gasteiger partial charge >= 0.3 is 0 Å². The fourth-order valence-corrected chi connectivity index (χ4v) is 3.65. The lowest BCUT2D eigenvalue weighted by molar-refractivity contribution is -0.118. The second kappa shape index (κ2) is 7.63. The molecule has 2 heterocycles. The summed E-state index contributed by atoms with van der Waals surface area (Å²) in [7, 11) is 0. The Balaban J connectivity index is 1.47. The predicted octanol–water partition coefficient (Wildman–Crippen LogP) is 2.61. The summed E-state index contributed by atoms with van der Waals surface area (Å²) in [5.41, 5.74) is 2.91. The summed E-state index contributed by atoms with van der Waals surface area (Å²) in [6.45, 7) is 2.56. The number of nitrogens with zero attached hydrogens (tertiary/aromatic N) is 2. The van der Waals surface area contributed by atoms with Crippen LogP contribution in [0, 0.1) is 6.92 Å². The Kier molecular flexibility index (Phi) is 5.32. The van der Waals surface area contributed by atoms with Crippen molar-refractivity contribution in [2.24, 2.45) is 0 Å². The number of thioether (sulfide) groups is 1. The first-order valence-electron chi connectivity index (χ1n) is 7.47. The molecule has 0 saturated heterocycles. The van der Waals surface area contributed by atoms with Crippen LogP contribution in [0.4, 0.5) is 0 Å². The van der Waals surface area contributed by atoms with Gasteiger partial charge < -0.3 is 5.32 Å². The molecule has 0 bridgehead atoms. The van der Waals surface area contributed by atoms with Gasteiger partial charge in [0, 0.05) is 29.9 Å². The number of rotatable bonds is 6. The molecule has 124 valence electrons. The van der Waals surface area contributed by atoms with E-state index in [1.807, 2.05) is 36.6 Å². The van der Waals surface area contributed by atoms with Crippen molar-refractivity contribution in [2.75, 3.05) is 5.75 Å². The quantitative estimate of drug-likeness (QED) is 0.735. The van der Waals surface area contributed by atoms with E-state index in [-0.39, 0.29) is 11.5 Å². The highest BCUT2D eigenvalue weighted by Crippen LogP contribution is 2.12.